The van der Waals surface area contributed by atoms with Crippen LogP contribution >= 0.6 is 11.8 Å². The van der Waals surface area contributed by atoms with E-state index in [1.165, 1.54) is 11.8 Å². The Hall–Kier alpha value is -2.06. The number of pyridine rings is 1. The van der Waals surface area contributed by atoms with Crippen LogP contribution in [0.1, 0.15) is 22.8 Å². The summed E-state index contributed by atoms with van der Waals surface area (Å²) in [6, 6.07) is 1.75. The van der Waals surface area contributed by atoms with Gasteiger partial charge in [-0.1, -0.05) is 11.8 Å². The third-order valence-electron chi connectivity index (χ3n) is 4.93. The molecule has 26 heavy (non-hydrogen) atoms. The number of aromatic nitrogens is 1. The number of hydrogen-bond donors (Lipinski definition) is 1. The molecular formula is C18H20FN3O3S. The van der Waals surface area contributed by atoms with E-state index in [9.17, 15) is 9.59 Å². The van der Waals surface area contributed by atoms with Gasteiger partial charge in [-0.25, -0.2) is 9.18 Å². The third kappa shape index (κ3) is 2.51. The number of carbonyl (C=O) groups is 1. The largest absolute Gasteiger partial charge is 0.462 e. The van der Waals surface area contributed by atoms with E-state index < -0.39 is 11.4 Å². The summed E-state index contributed by atoms with van der Waals surface area (Å²) in [5, 5.41) is 4.14. The Kier molecular flexibility index (Phi) is 4.40. The average molecular weight is 377 g/mol. The molecule has 0 atom stereocenters. The van der Waals surface area contributed by atoms with Crippen molar-refractivity contribution in [1.82, 2.24) is 9.88 Å². The third-order valence-corrected chi connectivity index (χ3v) is 6.02. The van der Waals surface area contributed by atoms with Gasteiger partial charge in [0, 0.05) is 31.7 Å². The minimum atomic E-state index is -0.638. The molecule has 0 radical (unpaired) electrons. The van der Waals surface area contributed by atoms with Crippen molar-refractivity contribution in [2.24, 2.45) is 0 Å². The SMILES string of the molecule is CCOC(=O)c1c2n(c3cc(N4CCNCC4)c(F)c(C)c3c1=O)CS2. The lowest BCUT2D eigenvalue weighted by Gasteiger charge is -2.32. The molecule has 4 rings (SSSR count). The first-order chi connectivity index (χ1) is 12.5. The van der Waals surface area contributed by atoms with Crippen molar-refractivity contribution >= 4 is 34.3 Å². The zero-order chi connectivity index (χ0) is 18.4. The topological polar surface area (TPSA) is 63.6 Å². The Morgan fingerprint density at radius 2 is 2.12 bits per heavy atom. The normalized spacial score (nSPS) is 16.3. The van der Waals surface area contributed by atoms with Crippen LogP contribution in [0.2, 0.25) is 0 Å². The number of hydrogen-bond acceptors (Lipinski definition) is 6. The number of ether oxygens (including phenoxy) is 1. The highest BCUT2D eigenvalue weighted by Gasteiger charge is 2.31. The first-order valence-corrected chi connectivity index (χ1v) is 9.68. The fourth-order valence-electron chi connectivity index (χ4n) is 3.58. The number of nitrogens with zero attached hydrogens (tertiary/aromatic N) is 2. The smallest absolute Gasteiger partial charge is 0.344 e. The quantitative estimate of drug-likeness (QED) is 0.827. The summed E-state index contributed by atoms with van der Waals surface area (Å²) in [5.41, 5.74) is 1.07. The Morgan fingerprint density at radius 3 is 2.73 bits per heavy atom. The minimum Gasteiger partial charge on any atom is -0.462 e. The van der Waals surface area contributed by atoms with Gasteiger partial charge in [0.2, 0.25) is 5.43 Å². The Balaban J connectivity index is 1.97. The zero-order valence-corrected chi connectivity index (χ0v) is 15.5. The second-order valence-corrected chi connectivity index (χ2v) is 7.33. The number of benzene rings is 1. The summed E-state index contributed by atoms with van der Waals surface area (Å²) in [6.45, 7) is 6.52. The summed E-state index contributed by atoms with van der Waals surface area (Å²) in [5.74, 6) is -0.398. The van der Waals surface area contributed by atoms with Crippen LogP contribution in [0.5, 0.6) is 0 Å². The molecule has 3 heterocycles. The van der Waals surface area contributed by atoms with Gasteiger partial charge in [0.25, 0.3) is 0 Å². The van der Waals surface area contributed by atoms with Crippen molar-refractivity contribution in [2.75, 3.05) is 37.7 Å². The monoisotopic (exact) mass is 377 g/mol. The molecule has 0 spiro atoms. The molecule has 2 aromatic rings. The van der Waals surface area contributed by atoms with Crippen LogP contribution in [-0.2, 0) is 10.6 Å². The molecule has 0 amide bonds. The molecule has 2 aliphatic heterocycles. The fraction of sp³-hybridized carbons (Fsp3) is 0.444. The van der Waals surface area contributed by atoms with E-state index in [-0.39, 0.29) is 23.4 Å². The van der Waals surface area contributed by atoms with E-state index in [2.05, 4.69) is 5.32 Å². The van der Waals surface area contributed by atoms with Gasteiger partial charge in [-0.3, -0.25) is 4.79 Å². The van der Waals surface area contributed by atoms with Crippen LogP contribution in [-0.4, -0.2) is 43.3 Å². The van der Waals surface area contributed by atoms with E-state index >= 15 is 4.39 Å². The molecule has 1 saturated heterocycles. The molecule has 138 valence electrons. The number of anilines is 1. The van der Waals surface area contributed by atoms with Crippen LogP contribution in [0, 0.1) is 12.7 Å². The molecule has 1 aromatic heterocycles. The highest BCUT2D eigenvalue weighted by molar-refractivity contribution is 7.99. The fourth-order valence-corrected chi connectivity index (χ4v) is 4.52. The second-order valence-electron chi connectivity index (χ2n) is 6.40. The van der Waals surface area contributed by atoms with E-state index in [0.29, 0.717) is 40.8 Å². The number of piperazine rings is 1. The summed E-state index contributed by atoms with van der Waals surface area (Å²) in [7, 11) is 0. The van der Waals surface area contributed by atoms with E-state index in [4.69, 9.17) is 4.74 Å². The molecule has 1 fully saturated rings. The van der Waals surface area contributed by atoms with Gasteiger partial charge in [0.15, 0.2) is 0 Å². The van der Waals surface area contributed by atoms with Crippen LogP contribution in [0.25, 0.3) is 10.9 Å². The summed E-state index contributed by atoms with van der Waals surface area (Å²) >= 11 is 1.44. The predicted octanol–water partition coefficient (Wildman–Crippen LogP) is 2.10. The first-order valence-electron chi connectivity index (χ1n) is 8.69. The number of nitrogens with one attached hydrogen (secondary N) is 1. The van der Waals surface area contributed by atoms with Gasteiger partial charge >= 0.3 is 5.97 Å². The van der Waals surface area contributed by atoms with Crippen molar-refractivity contribution in [3.63, 3.8) is 0 Å². The van der Waals surface area contributed by atoms with Crippen LogP contribution < -0.4 is 15.6 Å². The number of fused-ring (bicyclic) bond motifs is 3. The number of aryl methyl sites for hydroxylation is 1. The number of rotatable bonds is 3. The molecule has 8 heteroatoms. The van der Waals surface area contributed by atoms with Gasteiger partial charge in [-0.05, 0) is 19.9 Å². The first kappa shape index (κ1) is 17.4. The number of carbonyl (C=O) groups excluding carboxylic acids is 1. The predicted molar refractivity (Wildman–Crippen MR) is 99.8 cm³/mol. The molecule has 0 unspecified atom stereocenters. The highest BCUT2D eigenvalue weighted by atomic mass is 32.2. The number of esters is 1. The Bertz CT molecular complexity index is 967. The molecular weight excluding hydrogens is 357 g/mol. The maximum absolute atomic E-state index is 15.1. The molecule has 0 aliphatic carbocycles. The summed E-state index contributed by atoms with van der Waals surface area (Å²) in [6.07, 6.45) is 0. The lowest BCUT2D eigenvalue weighted by Crippen LogP contribution is -2.44. The van der Waals surface area contributed by atoms with Gasteiger partial charge in [-0.15, -0.1) is 0 Å². The van der Waals surface area contributed by atoms with Crippen molar-refractivity contribution < 1.29 is 13.9 Å². The molecule has 2 aliphatic rings. The van der Waals surface area contributed by atoms with Crippen molar-refractivity contribution in [1.29, 1.82) is 0 Å². The van der Waals surface area contributed by atoms with Crippen LogP contribution in [0.15, 0.2) is 15.9 Å². The summed E-state index contributed by atoms with van der Waals surface area (Å²) in [4.78, 5) is 27.3. The molecule has 6 nitrogen and oxygen atoms in total. The van der Waals surface area contributed by atoms with Crippen molar-refractivity contribution in [3.05, 3.63) is 33.2 Å². The Labute approximate surface area is 154 Å². The van der Waals surface area contributed by atoms with Gasteiger partial charge in [0.1, 0.15) is 11.4 Å². The number of halogens is 1. The molecule has 0 saturated carbocycles. The molecule has 0 bridgehead atoms. The maximum Gasteiger partial charge on any atom is 0.344 e. The summed E-state index contributed by atoms with van der Waals surface area (Å²) < 4.78 is 22.0. The lowest BCUT2D eigenvalue weighted by atomic mass is 10.0. The van der Waals surface area contributed by atoms with Crippen molar-refractivity contribution in [2.45, 2.75) is 24.8 Å². The van der Waals surface area contributed by atoms with Crippen molar-refractivity contribution in [3.8, 4) is 0 Å². The van der Waals surface area contributed by atoms with Gasteiger partial charge in [-0.2, -0.15) is 0 Å². The van der Waals surface area contributed by atoms with Crippen LogP contribution in [0.4, 0.5) is 10.1 Å². The molecule has 1 N–H and O–H groups in total. The standard InChI is InChI=1S/C18H20FN3O3S/c1-3-25-18(24)14-16(23)13-10(2)15(19)12(21-6-4-20-5-7-21)8-11(13)22-9-26-17(14)22/h8,20H,3-7,9H2,1-2H3. The zero-order valence-electron chi connectivity index (χ0n) is 14.7. The van der Waals surface area contributed by atoms with E-state index in [0.717, 1.165) is 13.1 Å². The van der Waals surface area contributed by atoms with E-state index in [1.54, 1.807) is 19.9 Å². The molecule has 1 aromatic carbocycles. The second kappa shape index (κ2) is 6.59. The lowest BCUT2D eigenvalue weighted by molar-refractivity contribution is 0.0518. The van der Waals surface area contributed by atoms with Crippen LogP contribution in [0.3, 0.4) is 0 Å². The Morgan fingerprint density at radius 1 is 1.38 bits per heavy atom. The van der Waals surface area contributed by atoms with Gasteiger partial charge in [0.05, 0.1) is 34.1 Å². The van der Waals surface area contributed by atoms with Gasteiger partial charge < -0.3 is 19.5 Å². The average Bonchev–Trinajstić information content (AvgIpc) is 2.61. The highest BCUT2D eigenvalue weighted by Crippen LogP contribution is 2.39. The number of thioether (sulfide) groups is 1. The van der Waals surface area contributed by atoms with E-state index in [1.807, 2.05) is 9.47 Å². The minimum absolute atomic E-state index is 0.0213. The maximum atomic E-state index is 15.1.